The van der Waals surface area contributed by atoms with E-state index in [1.807, 2.05) is 0 Å². The van der Waals surface area contributed by atoms with Crippen molar-refractivity contribution in [2.24, 2.45) is 5.92 Å². The van der Waals surface area contributed by atoms with Gasteiger partial charge in [-0.3, -0.25) is 0 Å². The third-order valence-electron chi connectivity index (χ3n) is 4.40. The first-order valence-electron chi connectivity index (χ1n) is 8.29. The van der Waals surface area contributed by atoms with Crippen LogP contribution in [-0.4, -0.2) is 44.5 Å². The van der Waals surface area contributed by atoms with Crippen LogP contribution in [0.25, 0.3) is 5.95 Å². The molecule has 0 spiro atoms. The van der Waals surface area contributed by atoms with Crippen molar-refractivity contribution in [1.82, 2.24) is 25.1 Å². The van der Waals surface area contributed by atoms with Crippen molar-refractivity contribution < 1.29 is 9.53 Å². The monoisotopic (exact) mass is 328 g/mol. The van der Waals surface area contributed by atoms with E-state index in [2.05, 4.69) is 25.7 Å². The lowest BCUT2D eigenvalue weighted by Crippen LogP contribution is -2.44. The molecule has 2 amide bonds. The molecule has 2 N–H and O–H groups in total. The van der Waals surface area contributed by atoms with Gasteiger partial charge in [-0.25, -0.2) is 19.4 Å². The van der Waals surface area contributed by atoms with Gasteiger partial charge >= 0.3 is 6.03 Å². The van der Waals surface area contributed by atoms with E-state index in [0.29, 0.717) is 23.7 Å². The zero-order valence-electron chi connectivity index (χ0n) is 13.3. The molecule has 2 atom stereocenters. The molecular formula is C16H20N6O2. The van der Waals surface area contributed by atoms with Crippen LogP contribution in [0, 0.1) is 5.92 Å². The molecule has 0 radical (unpaired) electrons. The number of aromatic nitrogens is 4. The zero-order valence-corrected chi connectivity index (χ0v) is 13.3. The highest BCUT2D eigenvalue weighted by atomic mass is 16.5. The first-order valence-corrected chi connectivity index (χ1v) is 8.29. The van der Waals surface area contributed by atoms with Crippen molar-refractivity contribution in [1.29, 1.82) is 0 Å². The Morgan fingerprint density at radius 1 is 1.25 bits per heavy atom. The Morgan fingerprint density at radius 3 is 2.88 bits per heavy atom. The van der Waals surface area contributed by atoms with Gasteiger partial charge in [0.25, 0.3) is 0 Å². The summed E-state index contributed by atoms with van der Waals surface area (Å²) in [5, 5.41) is 10.00. The normalized spacial score (nSPS) is 23.7. The van der Waals surface area contributed by atoms with Gasteiger partial charge in [0.2, 0.25) is 5.95 Å². The summed E-state index contributed by atoms with van der Waals surface area (Å²) in [6, 6.07) is 1.68. The minimum Gasteiger partial charge on any atom is -0.378 e. The number of nitrogens with zero attached hydrogens (tertiary/aromatic N) is 4. The first kappa shape index (κ1) is 15.1. The number of amides is 2. The van der Waals surface area contributed by atoms with Crippen LogP contribution in [0.3, 0.4) is 0 Å². The number of ether oxygens (including phenoxy) is 1. The first-order chi connectivity index (χ1) is 11.8. The molecule has 0 unspecified atom stereocenters. The number of urea groups is 1. The number of hydrogen-bond acceptors (Lipinski definition) is 5. The quantitative estimate of drug-likeness (QED) is 0.891. The summed E-state index contributed by atoms with van der Waals surface area (Å²) in [6.07, 6.45) is 11.1. The van der Waals surface area contributed by atoms with Crippen molar-refractivity contribution in [2.45, 2.75) is 37.8 Å². The summed E-state index contributed by atoms with van der Waals surface area (Å²) in [5.41, 5.74) is 0.603. The molecule has 3 heterocycles. The molecular weight excluding hydrogens is 308 g/mol. The number of carbonyl (C=O) groups is 1. The van der Waals surface area contributed by atoms with Gasteiger partial charge in [0.15, 0.2) is 0 Å². The smallest absolute Gasteiger partial charge is 0.319 e. The summed E-state index contributed by atoms with van der Waals surface area (Å²) >= 11 is 0. The van der Waals surface area contributed by atoms with Crippen LogP contribution < -0.4 is 10.6 Å². The van der Waals surface area contributed by atoms with Gasteiger partial charge < -0.3 is 15.4 Å². The Morgan fingerprint density at radius 2 is 2.08 bits per heavy atom. The number of hydrogen-bond donors (Lipinski definition) is 2. The average Bonchev–Trinajstić information content (AvgIpc) is 3.36. The van der Waals surface area contributed by atoms with Gasteiger partial charge in [-0.15, -0.1) is 0 Å². The lowest BCUT2D eigenvalue weighted by Gasteiger charge is -2.30. The van der Waals surface area contributed by atoms with E-state index in [-0.39, 0.29) is 12.1 Å². The van der Waals surface area contributed by atoms with Crippen LogP contribution in [0.2, 0.25) is 0 Å². The molecule has 126 valence electrons. The topological polar surface area (TPSA) is 94.0 Å². The van der Waals surface area contributed by atoms with E-state index in [1.165, 1.54) is 17.5 Å². The third-order valence-corrected chi connectivity index (χ3v) is 4.40. The standard InChI is InChI=1S/C16H20N6O2/c23-16(20-12-4-7-24-14(8-12)11-2-3-11)21-13-9-19-22(10-13)15-17-5-1-6-18-15/h1,5-6,9-12,14H,2-4,7-8H2,(H2,20,21,23)/t12-,14-/m1/s1. The molecule has 1 saturated heterocycles. The fraction of sp³-hybridized carbons (Fsp3) is 0.500. The van der Waals surface area contributed by atoms with Crippen molar-refractivity contribution in [3.8, 4) is 5.95 Å². The lowest BCUT2D eigenvalue weighted by molar-refractivity contribution is -0.00889. The molecule has 2 fully saturated rings. The number of carbonyl (C=O) groups excluding carboxylic acids is 1. The highest BCUT2D eigenvalue weighted by molar-refractivity contribution is 5.89. The van der Waals surface area contributed by atoms with Gasteiger partial charge in [0, 0.05) is 25.0 Å². The van der Waals surface area contributed by atoms with Crippen molar-refractivity contribution >= 4 is 11.7 Å². The summed E-state index contributed by atoms with van der Waals surface area (Å²) in [4.78, 5) is 20.4. The van der Waals surface area contributed by atoms with Crippen molar-refractivity contribution in [3.63, 3.8) is 0 Å². The number of anilines is 1. The van der Waals surface area contributed by atoms with Crippen LogP contribution in [0.1, 0.15) is 25.7 Å². The van der Waals surface area contributed by atoms with E-state index in [9.17, 15) is 4.79 Å². The largest absolute Gasteiger partial charge is 0.378 e. The van der Waals surface area contributed by atoms with Gasteiger partial charge in [-0.2, -0.15) is 5.10 Å². The van der Waals surface area contributed by atoms with Gasteiger partial charge in [0.1, 0.15) is 0 Å². The molecule has 0 bridgehead atoms. The van der Waals surface area contributed by atoms with Crippen LogP contribution in [0.5, 0.6) is 0 Å². The molecule has 0 aromatic carbocycles. The summed E-state index contributed by atoms with van der Waals surface area (Å²) in [5.74, 6) is 1.16. The second kappa shape index (κ2) is 6.56. The third kappa shape index (κ3) is 3.53. The Kier molecular flexibility index (Phi) is 4.12. The Labute approximate surface area is 139 Å². The number of rotatable bonds is 4. The van der Waals surface area contributed by atoms with E-state index in [4.69, 9.17) is 4.74 Å². The lowest BCUT2D eigenvalue weighted by atomic mass is 10.0. The van der Waals surface area contributed by atoms with Crippen LogP contribution in [0.15, 0.2) is 30.9 Å². The Bertz CT molecular complexity index is 700. The Hall–Kier alpha value is -2.48. The molecule has 8 nitrogen and oxygen atoms in total. The van der Waals surface area contributed by atoms with E-state index >= 15 is 0 Å². The predicted molar refractivity (Wildman–Crippen MR) is 86.8 cm³/mol. The number of nitrogens with one attached hydrogen (secondary N) is 2. The molecule has 24 heavy (non-hydrogen) atoms. The maximum Gasteiger partial charge on any atom is 0.319 e. The zero-order chi connectivity index (χ0) is 16.4. The minimum absolute atomic E-state index is 0.164. The Balaban J connectivity index is 1.32. The molecule has 2 aromatic rings. The molecule has 1 aliphatic heterocycles. The van der Waals surface area contributed by atoms with Crippen molar-refractivity contribution in [2.75, 3.05) is 11.9 Å². The highest BCUT2D eigenvalue weighted by Crippen LogP contribution is 2.38. The summed E-state index contributed by atoms with van der Waals surface area (Å²) in [6.45, 7) is 0.718. The van der Waals surface area contributed by atoms with E-state index in [0.717, 1.165) is 19.4 Å². The van der Waals surface area contributed by atoms with Crippen LogP contribution in [-0.2, 0) is 4.74 Å². The van der Waals surface area contributed by atoms with Gasteiger partial charge in [-0.05, 0) is 37.7 Å². The van der Waals surface area contributed by atoms with Crippen LogP contribution >= 0.6 is 0 Å². The second-order valence-electron chi connectivity index (χ2n) is 6.29. The molecule has 1 saturated carbocycles. The predicted octanol–water partition coefficient (Wildman–Crippen LogP) is 1.74. The summed E-state index contributed by atoms with van der Waals surface area (Å²) < 4.78 is 7.31. The summed E-state index contributed by atoms with van der Waals surface area (Å²) in [7, 11) is 0. The van der Waals surface area contributed by atoms with Crippen LogP contribution in [0.4, 0.5) is 10.5 Å². The van der Waals surface area contributed by atoms with Gasteiger partial charge in [0.05, 0.1) is 24.2 Å². The fourth-order valence-corrected chi connectivity index (χ4v) is 3.01. The fourth-order valence-electron chi connectivity index (χ4n) is 3.01. The van der Waals surface area contributed by atoms with E-state index < -0.39 is 0 Å². The second-order valence-corrected chi connectivity index (χ2v) is 6.29. The van der Waals surface area contributed by atoms with Crippen molar-refractivity contribution in [3.05, 3.63) is 30.9 Å². The van der Waals surface area contributed by atoms with Gasteiger partial charge in [-0.1, -0.05) is 0 Å². The maximum absolute atomic E-state index is 12.2. The molecule has 8 heteroatoms. The highest BCUT2D eigenvalue weighted by Gasteiger charge is 2.36. The molecule has 2 aliphatic rings. The SMILES string of the molecule is O=C(Nc1cnn(-c2ncccn2)c1)N[C@@H]1CCO[C@@H](C2CC2)C1. The average molecular weight is 328 g/mol. The minimum atomic E-state index is -0.218. The molecule has 1 aliphatic carbocycles. The maximum atomic E-state index is 12.2. The molecule has 4 rings (SSSR count). The van der Waals surface area contributed by atoms with E-state index in [1.54, 1.807) is 30.9 Å². The molecule has 2 aromatic heterocycles.